The van der Waals surface area contributed by atoms with E-state index in [1.807, 2.05) is 19.1 Å². The van der Waals surface area contributed by atoms with Crippen LogP contribution < -0.4 is 0 Å². The highest BCUT2D eigenvalue weighted by atomic mass is 15.3. The van der Waals surface area contributed by atoms with E-state index in [0.29, 0.717) is 0 Å². The highest BCUT2D eigenvalue weighted by Crippen LogP contribution is 2.10. The van der Waals surface area contributed by atoms with Gasteiger partial charge in [-0.2, -0.15) is 10.2 Å². The van der Waals surface area contributed by atoms with E-state index in [1.54, 1.807) is 10.9 Å². The molecule has 0 saturated carbocycles. The Labute approximate surface area is 75.5 Å². The van der Waals surface area contributed by atoms with E-state index in [2.05, 4.69) is 20.3 Å². The van der Waals surface area contributed by atoms with Crippen LogP contribution in [0.15, 0.2) is 24.7 Å². The predicted molar refractivity (Wildman–Crippen MR) is 46.7 cm³/mol. The monoisotopic (exact) mass is 175 g/mol. The first kappa shape index (κ1) is 7.85. The molecule has 5 heteroatoms. The molecule has 0 atom stereocenters. The quantitative estimate of drug-likeness (QED) is 0.676. The van der Waals surface area contributed by atoms with Crippen LogP contribution in [0.25, 0.3) is 11.5 Å². The van der Waals surface area contributed by atoms with Gasteiger partial charge >= 0.3 is 0 Å². The van der Waals surface area contributed by atoms with Crippen LogP contribution in [0.5, 0.6) is 0 Å². The van der Waals surface area contributed by atoms with Gasteiger partial charge in [0.05, 0.1) is 0 Å². The normalized spacial score (nSPS) is 10.2. The summed E-state index contributed by atoms with van der Waals surface area (Å²) in [5, 5.41) is 11.8. The lowest BCUT2D eigenvalue weighted by Crippen LogP contribution is -2.00. The Bertz CT molecular complexity index is 380. The van der Waals surface area contributed by atoms with Gasteiger partial charge in [-0.25, -0.2) is 9.67 Å². The molecule has 2 aromatic heterocycles. The molecular formula is C8H9N5. The van der Waals surface area contributed by atoms with Gasteiger partial charge in [-0.15, -0.1) is 5.10 Å². The van der Waals surface area contributed by atoms with E-state index in [1.165, 1.54) is 6.33 Å². The predicted octanol–water partition coefficient (Wildman–Crippen LogP) is 0.755. The first-order valence-electron chi connectivity index (χ1n) is 4.07. The molecule has 13 heavy (non-hydrogen) atoms. The summed E-state index contributed by atoms with van der Waals surface area (Å²) in [5.74, 6) is 0.760. The second kappa shape index (κ2) is 3.30. The summed E-state index contributed by atoms with van der Waals surface area (Å²) >= 11 is 0. The molecule has 5 nitrogen and oxygen atoms in total. The highest BCUT2D eigenvalue weighted by Gasteiger charge is 2.05. The van der Waals surface area contributed by atoms with Crippen molar-refractivity contribution in [2.45, 2.75) is 13.5 Å². The SMILES string of the molecule is CCn1ncnc1-c1cccnn1. The standard InChI is InChI=1S/C8H9N5/c1-2-13-8(9-6-11-13)7-4-3-5-10-12-7/h3-6H,2H2,1H3. The molecule has 0 aliphatic heterocycles. The van der Waals surface area contributed by atoms with E-state index in [0.717, 1.165) is 18.1 Å². The molecule has 0 amide bonds. The summed E-state index contributed by atoms with van der Waals surface area (Å²) in [6, 6.07) is 3.69. The van der Waals surface area contributed by atoms with Gasteiger partial charge < -0.3 is 0 Å². The molecule has 0 saturated heterocycles. The van der Waals surface area contributed by atoms with E-state index >= 15 is 0 Å². The molecule has 0 aromatic carbocycles. The van der Waals surface area contributed by atoms with Gasteiger partial charge in [0.25, 0.3) is 0 Å². The van der Waals surface area contributed by atoms with E-state index in [4.69, 9.17) is 0 Å². The molecule has 0 aliphatic rings. The smallest absolute Gasteiger partial charge is 0.178 e. The van der Waals surface area contributed by atoms with Crippen molar-refractivity contribution in [2.75, 3.05) is 0 Å². The van der Waals surface area contributed by atoms with Gasteiger partial charge in [-0.1, -0.05) is 0 Å². The van der Waals surface area contributed by atoms with Crippen molar-refractivity contribution in [1.29, 1.82) is 0 Å². The van der Waals surface area contributed by atoms with Crippen LogP contribution >= 0.6 is 0 Å². The van der Waals surface area contributed by atoms with Gasteiger partial charge in [0, 0.05) is 12.7 Å². The Morgan fingerprint density at radius 1 is 1.46 bits per heavy atom. The average molecular weight is 175 g/mol. The maximum atomic E-state index is 4.11. The van der Waals surface area contributed by atoms with Crippen molar-refractivity contribution >= 4 is 0 Å². The number of nitrogens with zero attached hydrogens (tertiary/aromatic N) is 5. The maximum Gasteiger partial charge on any atom is 0.178 e. The second-order valence-corrected chi connectivity index (χ2v) is 2.51. The third kappa shape index (κ3) is 1.40. The zero-order valence-electron chi connectivity index (χ0n) is 7.25. The molecule has 0 bridgehead atoms. The fourth-order valence-corrected chi connectivity index (χ4v) is 1.11. The lowest BCUT2D eigenvalue weighted by Gasteiger charge is -1.99. The lowest BCUT2D eigenvalue weighted by molar-refractivity contribution is 0.663. The van der Waals surface area contributed by atoms with Crippen molar-refractivity contribution in [2.24, 2.45) is 0 Å². The Hall–Kier alpha value is -1.78. The van der Waals surface area contributed by atoms with E-state index in [-0.39, 0.29) is 0 Å². The van der Waals surface area contributed by atoms with Crippen LogP contribution in [0.2, 0.25) is 0 Å². The third-order valence-corrected chi connectivity index (χ3v) is 1.72. The molecule has 0 unspecified atom stereocenters. The Morgan fingerprint density at radius 3 is 3.08 bits per heavy atom. The Morgan fingerprint density at radius 2 is 2.38 bits per heavy atom. The summed E-state index contributed by atoms with van der Waals surface area (Å²) in [6.07, 6.45) is 3.16. The number of aryl methyl sites for hydroxylation is 1. The van der Waals surface area contributed by atoms with Gasteiger partial charge in [-0.05, 0) is 19.1 Å². The van der Waals surface area contributed by atoms with Gasteiger partial charge in [0.15, 0.2) is 5.82 Å². The molecule has 0 spiro atoms. The van der Waals surface area contributed by atoms with Crippen molar-refractivity contribution in [3.63, 3.8) is 0 Å². The van der Waals surface area contributed by atoms with E-state index < -0.39 is 0 Å². The third-order valence-electron chi connectivity index (χ3n) is 1.72. The zero-order chi connectivity index (χ0) is 9.10. The van der Waals surface area contributed by atoms with Gasteiger partial charge in [0.1, 0.15) is 12.0 Å². The average Bonchev–Trinajstić information content (AvgIpc) is 2.67. The highest BCUT2D eigenvalue weighted by molar-refractivity contribution is 5.47. The maximum absolute atomic E-state index is 4.11. The molecule has 2 heterocycles. The summed E-state index contributed by atoms with van der Waals surface area (Å²) < 4.78 is 1.78. The molecule has 0 radical (unpaired) electrons. The minimum absolute atomic E-state index is 0.752. The van der Waals surface area contributed by atoms with Crippen LogP contribution in [-0.2, 0) is 6.54 Å². The second-order valence-electron chi connectivity index (χ2n) is 2.51. The topological polar surface area (TPSA) is 56.5 Å². The zero-order valence-corrected chi connectivity index (χ0v) is 7.25. The minimum Gasteiger partial charge on any atom is -0.245 e. The van der Waals surface area contributed by atoms with Crippen LogP contribution in [0.3, 0.4) is 0 Å². The minimum atomic E-state index is 0.752. The van der Waals surface area contributed by atoms with Gasteiger partial charge in [0.2, 0.25) is 0 Å². The molecule has 66 valence electrons. The summed E-state index contributed by atoms with van der Waals surface area (Å²) in [7, 11) is 0. The number of aromatic nitrogens is 5. The molecule has 0 N–H and O–H groups in total. The number of hydrogen-bond acceptors (Lipinski definition) is 4. The summed E-state index contributed by atoms with van der Waals surface area (Å²) in [6.45, 7) is 2.79. The Kier molecular flexibility index (Phi) is 1.99. The van der Waals surface area contributed by atoms with Crippen LogP contribution in [0, 0.1) is 0 Å². The first-order valence-corrected chi connectivity index (χ1v) is 4.07. The molecule has 2 rings (SSSR count). The largest absolute Gasteiger partial charge is 0.245 e. The first-order chi connectivity index (χ1) is 6.42. The molecule has 0 aliphatic carbocycles. The molecular weight excluding hydrogens is 166 g/mol. The van der Waals surface area contributed by atoms with Crippen molar-refractivity contribution < 1.29 is 0 Å². The lowest BCUT2D eigenvalue weighted by atomic mass is 10.4. The number of rotatable bonds is 2. The van der Waals surface area contributed by atoms with E-state index in [9.17, 15) is 0 Å². The summed E-state index contributed by atoms with van der Waals surface area (Å²) in [4.78, 5) is 4.11. The van der Waals surface area contributed by atoms with Crippen LogP contribution in [0.1, 0.15) is 6.92 Å². The van der Waals surface area contributed by atoms with Crippen molar-refractivity contribution in [3.05, 3.63) is 24.7 Å². The number of hydrogen-bond donors (Lipinski definition) is 0. The van der Waals surface area contributed by atoms with Crippen molar-refractivity contribution in [1.82, 2.24) is 25.0 Å². The fourth-order valence-electron chi connectivity index (χ4n) is 1.11. The fraction of sp³-hybridized carbons (Fsp3) is 0.250. The molecule has 2 aromatic rings. The molecule has 0 fully saturated rings. The summed E-state index contributed by atoms with van der Waals surface area (Å²) in [5.41, 5.74) is 0.752. The Balaban J connectivity index is 2.47. The van der Waals surface area contributed by atoms with Crippen LogP contribution in [0.4, 0.5) is 0 Å². The van der Waals surface area contributed by atoms with Crippen molar-refractivity contribution in [3.8, 4) is 11.5 Å². The van der Waals surface area contributed by atoms with Crippen LogP contribution in [-0.4, -0.2) is 25.0 Å². The van der Waals surface area contributed by atoms with Gasteiger partial charge in [-0.3, -0.25) is 0 Å².